The molecule has 0 bridgehead atoms. The number of thiazole rings is 1. The molecular formula is C43H46ClN4O9S+. The Morgan fingerprint density at radius 3 is 2.14 bits per heavy atom. The number of ether oxygens (including phenoxy) is 5. The zero-order chi connectivity index (χ0) is 41.1. The van der Waals surface area contributed by atoms with E-state index in [4.69, 9.17) is 35.3 Å². The van der Waals surface area contributed by atoms with E-state index in [1.807, 2.05) is 78.9 Å². The number of nitrogens with zero attached hydrogens (tertiary/aromatic N) is 2. The molecule has 13 nitrogen and oxygen atoms in total. The van der Waals surface area contributed by atoms with Gasteiger partial charge in [-0.1, -0.05) is 66.2 Å². The van der Waals surface area contributed by atoms with Gasteiger partial charge in [-0.2, -0.15) is 0 Å². The van der Waals surface area contributed by atoms with Crippen molar-refractivity contribution in [2.75, 3.05) is 47.4 Å². The van der Waals surface area contributed by atoms with Gasteiger partial charge in [0.25, 0.3) is 5.91 Å². The molecular weight excluding hydrogens is 784 g/mol. The maximum Gasteiger partial charge on any atom is 0.407 e. The van der Waals surface area contributed by atoms with Crippen LogP contribution >= 0.6 is 22.9 Å². The van der Waals surface area contributed by atoms with Gasteiger partial charge >= 0.3 is 12.1 Å². The summed E-state index contributed by atoms with van der Waals surface area (Å²) in [6, 6.07) is 26.9. The molecule has 58 heavy (non-hydrogen) atoms. The SMILES string of the molecule is COc1ccc(COc2ccc(C(=O)NC[C@H](C[N+]3(C)CC[C@@H](c4ncc(C(=O)O)s4)C3)NC(=O)OCc3ccccc3)c(Cl)c2OCc2ccc(OC)cc2)cc1. The standard InChI is InChI=1S/C43H45ClN4O9S/c1-48(20-19-31(23-48)41-46-22-37(58-41)42(50)51)24-32(47-43(52)57-27-28-7-5-4-6-8-28)21-45-40(49)35-17-18-36(55-25-29-9-13-33(53-2)14-10-29)39(38(35)44)56-26-30-11-15-34(54-3)16-12-30/h4-18,22,31-32H,19-21,23-27H2,1-3H3,(H2-,45,47,49,50,51,52)/p+1/t31-,32-,48?/m1/s1. The topological polar surface area (TPSA) is 155 Å². The van der Waals surface area contributed by atoms with Gasteiger partial charge in [-0.15, -0.1) is 11.3 Å². The molecule has 4 aromatic carbocycles. The smallest absolute Gasteiger partial charge is 0.407 e. The van der Waals surface area contributed by atoms with Crippen molar-refractivity contribution >= 4 is 40.9 Å². The first-order valence-electron chi connectivity index (χ1n) is 18.6. The number of amides is 2. The molecule has 1 aromatic heterocycles. The Bertz CT molecular complexity index is 2170. The number of hydrogen-bond donors (Lipinski definition) is 3. The van der Waals surface area contributed by atoms with Crippen LogP contribution in [0.1, 0.15) is 54.1 Å². The second-order valence-electron chi connectivity index (χ2n) is 14.2. The van der Waals surface area contributed by atoms with Crippen LogP contribution in [-0.2, 0) is 24.6 Å². The number of alkyl carbamates (subject to hydrolysis) is 1. The van der Waals surface area contributed by atoms with Gasteiger partial charge in [-0.05, 0) is 53.1 Å². The summed E-state index contributed by atoms with van der Waals surface area (Å²) >= 11 is 8.15. The van der Waals surface area contributed by atoms with Gasteiger partial charge in [0.05, 0.1) is 63.1 Å². The summed E-state index contributed by atoms with van der Waals surface area (Å²) in [5.41, 5.74) is 2.73. The van der Waals surface area contributed by atoms with Gasteiger partial charge in [0.2, 0.25) is 0 Å². The fourth-order valence-electron chi connectivity index (χ4n) is 6.78. The molecule has 0 radical (unpaired) electrons. The minimum Gasteiger partial charge on any atom is -0.497 e. The lowest BCUT2D eigenvalue weighted by Gasteiger charge is -2.34. The second-order valence-corrected chi connectivity index (χ2v) is 15.6. The van der Waals surface area contributed by atoms with Crippen LogP contribution in [0, 0.1) is 0 Å². The average Bonchev–Trinajstić information content (AvgIpc) is 3.89. The Morgan fingerprint density at radius 2 is 1.52 bits per heavy atom. The van der Waals surface area contributed by atoms with E-state index in [1.54, 1.807) is 26.4 Å². The highest BCUT2D eigenvalue weighted by atomic mass is 35.5. The van der Waals surface area contributed by atoms with Crippen molar-refractivity contribution in [3.05, 3.63) is 134 Å². The minimum absolute atomic E-state index is 0.0592. The Morgan fingerprint density at radius 1 is 0.879 bits per heavy atom. The number of rotatable bonds is 18. The molecule has 1 saturated heterocycles. The number of likely N-dealkylation sites (tertiary alicyclic amines) is 1. The van der Waals surface area contributed by atoms with Gasteiger partial charge in [-0.25, -0.2) is 14.6 Å². The van der Waals surface area contributed by atoms with Gasteiger partial charge in [0.1, 0.15) is 47.7 Å². The summed E-state index contributed by atoms with van der Waals surface area (Å²) in [7, 11) is 5.27. The molecule has 2 heterocycles. The van der Waals surface area contributed by atoms with Crippen LogP contribution in [0.2, 0.25) is 5.02 Å². The molecule has 1 aliphatic rings. The molecule has 1 aliphatic heterocycles. The van der Waals surface area contributed by atoms with Crippen LogP contribution < -0.4 is 29.6 Å². The third-order valence-corrected chi connectivity index (χ3v) is 11.4. The highest BCUT2D eigenvalue weighted by molar-refractivity contribution is 7.13. The number of carboxylic acids is 1. The Kier molecular flexibility index (Phi) is 14.1. The number of aromatic nitrogens is 1. The summed E-state index contributed by atoms with van der Waals surface area (Å²) in [5, 5.41) is 16.2. The van der Waals surface area contributed by atoms with Crippen LogP contribution in [0.5, 0.6) is 23.0 Å². The maximum absolute atomic E-state index is 13.9. The summed E-state index contributed by atoms with van der Waals surface area (Å²) in [6.07, 6.45) is 1.57. The lowest BCUT2D eigenvalue weighted by molar-refractivity contribution is -0.899. The van der Waals surface area contributed by atoms with Crippen molar-refractivity contribution in [1.29, 1.82) is 0 Å². The first-order valence-corrected chi connectivity index (χ1v) is 19.8. The third-order valence-electron chi connectivity index (χ3n) is 9.87. The Labute approximate surface area is 346 Å². The predicted molar refractivity (Wildman–Crippen MR) is 219 cm³/mol. The van der Waals surface area contributed by atoms with Crippen molar-refractivity contribution in [2.24, 2.45) is 0 Å². The van der Waals surface area contributed by atoms with Gasteiger partial charge < -0.3 is 43.9 Å². The molecule has 2 amide bonds. The van der Waals surface area contributed by atoms with Crippen LogP contribution in [-0.4, -0.2) is 86.0 Å². The number of carbonyl (C=O) groups excluding carboxylic acids is 2. The van der Waals surface area contributed by atoms with Crippen molar-refractivity contribution in [2.45, 2.75) is 38.2 Å². The second kappa shape index (κ2) is 19.5. The van der Waals surface area contributed by atoms with Crippen LogP contribution in [0.25, 0.3) is 0 Å². The molecule has 3 atom stereocenters. The zero-order valence-corrected chi connectivity index (χ0v) is 34.0. The first-order chi connectivity index (χ1) is 28.0. The van der Waals surface area contributed by atoms with Crippen molar-refractivity contribution in [1.82, 2.24) is 15.6 Å². The molecule has 3 N–H and O–H groups in total. The molecule has 15 heteroatoms. The number of halogens is 1. The molecule has 5 aromatic rings. The fourth-order valence-corrected chi connectivity index (χ4v) is 7.96. The summed E-state index contributed by atoms with van der Waals surface area (Å²) in [6.45, 7) is 2.38. The number of hydrogen-bond acceptors (Lipinski definition) is 10. The number of carboxylic acid groups (broad SMARTS) is 1. The van der Waals surface area contributed by atoms with Crippen molar-refractivity contribution in [3.63, 3.8) is 0 Å². The largest absolute Gasteiger partial charge is 0.497 e. The summed E-state index contributed by atoms with van der Waals surface area (Å²) in [5.74, 6) is 0.561. The van der Waals surface area contributed by atoms with E-state index in [2.05, 4.69) is 22.7 Å². The molecule has 0 saturated carbocycles. The highest BCUT2D eigenvalue weighted by Crippen LogP contribution is 2.39. The first kappa shape index (κ1) is 41.8. The van der Waals surface area contributed by atoms with E-state index < -0.39 is 24.0 Å². The minimum atomic E-state index is -1.00. The summed E-state index contributed by atoms with van der Waals surface area (Å²) in [4.78, 5) is 43.1. The maximum atomic E-state index is 13.9. The number of nitrogens with one attached hydrogen (secondary N) is 2. The summed E-state index contributed by atoms with van der Waals surface area (Å²) < 4.78 is 29.1. The molecule has 0 aliphatic carbocycles. The Hall–Kier alpha value is -5.83. The van der Waals surface area contributed by atoms with E-state index >= 15 is 0 Å². The van der Waals surface area contributed by atoms with Crippen LogP contribution in [0.3, 0.4) is 0 Å². The van der Waals surface area contributed by atoms with Gasteiger partial charge in [0.15, 0.2) is 11.5 Å². The highest BCUT2D eigenvalue weighted by Gasteiger charge is 2.39. The number of quaternary nitrogens is 1. The number of aromatic carboxylic acids is 1. The molecule has 6 rings (SSSR count). The van der Waals surface area contributed by atoms with Gasteiger partial charge in [-0.3, -0.25) is 4.79 Å². The quantitative estimate of drug-likeness (QED) is 0.0766. The molecule has 1 fully saturated rings. The van der Waals surface area contributed by atoms with Crippen LogP contribution in [0.4, 0.5) is 4.79 Å². The number of carbonyl (C=O) groups is 3. The third kappa shape index (κ3) is 11.2. The molecule has 304 valence electrons. The Balaban J connectivity index is 1.18. The monoisotopic (exact) mass is 829 g/mol. The van der Waals surface area contributed by atoms with Crippen molar-refractivity contribution < 1.29 is 47.7 Å². The average molecular weight is 830 g/mol. The number of likely N-dealkylation sites (N-methyl/N-ethyl adjacent to an activating group) is 1. The number of methoxy groups -OCH3 is 2. The lowest BCUT2D eigenvalue weighted by Crippen LogP contribution is -2.55. The lowest BCUT2D eigenvalue weighted by atomic mass is 10.1. The molecule has 0 spiro atoms. The van der Waals surface area contributed by atoms with E-state index in [1.165, 1.54) is 17.5 Å². The van der Waals surface area contributed by atoms with Gasteiger partial charge in [0, 0.05) is 13.0 Å². The van der Waals surface area contributed by atoms with Crippen LogP contribution in [0.15, 0.2) is 97.2 Å². The fraction of sp³-hybridized carbons (Fsp3) is 0.302. The zero-order valence-electron chi connectivity index (χ0n) is 32.4. The molecule has 1 unspecified atom stereocenters. The van der Waals surface area contributed by atoms with E-state index in [9.17, 15) is 19.5 Å². The van der Waals surface area contributed by atoms with E-state index in [0.717, 1.165) is 40.4 Å². The number of benzene rings is 4. The van der Waals surface area contributed by atoms with E-state index in [0.29, 0.717) is 29.1 Å². The normalized spacial score (nSPS) is 16.5. The van der Waals surface area contributed by atoms with E-state index in [-0.39, 0.29) is 53.5 Å². The van der Waals surface area contributed by atoms with Crippen molar-refractivity contribution in [3.8, 4) is 23.0 Å². The predicted octanol–water partition coefficient (Wildman–Crippen LogP) is 7.33.